The molecule has 154 valence electrons. The van der Waals surface area contributed by atoms with E-state index >= 15 is 0 Å². The molecule has 5 rings (SSSR count). The van der Waals surface area contributed by atoms with Crippen LogP contribution in [-0.4, -0.2) is 41.6 Å². The normalized spacial score (nSPS) is 13.8. The summed E-state index contributed by atoms with van der Waals surface area (Å²) in [5, 5.41) is 4.64. The number of ketones is 1. The number of aromatic amines is 1. The van der Waals surface area contributed by atoms with Gasteiger partial charge in [0.2, 0.25) is 5.56 Å². The van der Waals surface area contributed by atoms with E-state index in [2.05, 4.69) is 35.1 Å². The molecule has 1 N–H and O–H groups in total. The van der Waals surface area contributed by atoms with Crippen molar-refractivity contribution in [3.8, 4) is 0 Å². The summed E-state index contributed by atoms with van der Waals surface area (Å²) in [6, 6.07) is 4.71. The zero-order valence-corrected chi connectivity index (χ0v) is 16.8. The molecule has 4 aromatic heterocycles. The molecule has 1 aliphatic rings. The maximum Gasteiger partial charge on any atom is 0.249 e. The topological polar surface area (TPSA) is 140 Å². The number of rotatable bonds is 5. The van der Waals surface area contributed by atoms with Gasteiger partial charge in [0.05, 0.1) is 17.6 Å². The number of carbonyl (C=O) groups is 1. The number of Topliss-reactive ketones (excluding diaryl/α,β-unsaturated/α-hetero) is 1. The zero-order chi connectivity index (χ0) is 21.5. The minimum Gasteiger partial charge on any atom is -0.360 e. The van der Waals surface area contributed by atoms with Gasteiger partial charge < -0.3 is 9.51 Å². The van der Waals surface area contributed by atoms with E-state index < -0.39 is 0 Å². The zero-order valence-electron chi connectivity index (χ0n) is 16.8. The molecule has 0 radical (unpaired) electrons. The lowest BCUT2D eigenvalue weighted by molar-refractivity contribution is 0.0968. The summed E-state index contributed by atoms with van der Waals surface area (Å²) in [6.45, 7) is 3.72. The quantitative estimate of drug-likeness (QED) is 0.490. The minimum absolute atomic E-state index is 0.164. The summed E-state index contributed by atoms with van der Waals surface area (Å²) in [6.07, 6.45) is 3.69. The molecule has 0 spiro atoms. The van der Waals surface area contributed by atoms with Crippen LogP contribution in [0.3, 0.4) is 0 Å². The van der Waals surface area contributed by atoms with Gasteiger partial charge >= 0.3 is 0 Å². The van der Waals surface area contributed by atoms with E-state index in [1.54, 1.807) is 18.3 Å². The van der Waals surface area contributed by atoms with Crippen LogP contribution in [-0.2, 0) is 6.42 Å². The highest BCUT2D eigenvalue weighted by Crippen LogP contribution is 2.28. The third-order valence-electron chi connectivity index (χ3n) is 5.15. The van der Waals surface area contributed by atoms with Gasteiger partial charge in [0.15, 0.2) is 5.78 Å². The van der Waals surface area contributed by atoms with Gasteiger partial charge in [-0.2, -0.15) is 0 Å². The Bertz CT molecular complexity index is 1420. The molecular formula is C21H17N7O3. The van der Waals surface area contributed by atoms with E-state index in [0.717, 1.165) is 17.1 Å². The van der Waals surface area contributed by atoms with Crippen LogP contribution < -0.4 is 5.56 Å². The fourth-order valence-corrected chi connectivity index (χ4v) is 3.55. The predicted octanol–water partition coefficient (Wildman–Crippen LogP) is 2.46. The average Bonchev–Trinajstić information content (AvgIpc) is 3.39. The van der Waals surface area contributed by atoms with Gasteiger partial charge in [-0.05, 0) is 13.0 Å². The number of H-pyrrole nitrogens is 1. The standard InChI is InChI=1S/C21H17N7O3/c1-10(5-17(29)20-12-3-4-19(30)27-21(12)24-9-23-20)18-7-15(28-31-18)13-6-14-16(26-13)8-22-11(2)25-14/h3-4,7-10H,5-6H2,1-2H3,(H,23,24,27,30)/t10-/m0/s1. The number of pyridine rings is 1. The second-order valence-electron chi connectivity index (χ2n) is 7.43. The van der Waals surface area contributed by atoms with Gasteiger partial charge in [-0.1, -0.05) is 12.1 Å². The molecule has 10 nitrogen and oxygen atoms in total. The average molecular weight is 415 g/mol. The van der Waals surface area contributed by atoms with Crippen LogP contribution in [0.2, 0.25) is 0 Å². The Kier molecular flexibility index (Phi) is 4.46. The maximum atomic E-state index is 12.9. The molecule has 1 aliphatic heterocycles. The van der Waals surface area contributed by atoms with Crippen LogP contribution in [0.1, 0.15) is 52.7 Å². The number of carbonyl (C=O) groups excluding carboxylic acids is 1. The number of hydrogen-bond donors (Lipinski definition) is 1. The maximum absolute atomic E-state index is 12.9. The highest BCUT2D eigenvalue weighted by Gasteiger charge is 2.24. The van der Waals surface area contributed by atoms with Crippen molar-refractivity contribution in [2.75, 3.05) is 0 Å². The summed E-state index contributed by atoms with van der Waals surface area (Å²) in [5.41, 5.74) is 3.29. The Morgan fingerprint density at radius 2 is 2.13 bits per heavy atom. The van der Waals surface area contributed by atoms with Gasteiger partial charge in [-0.15, -0.1) is 0 Å². The Morgan fingerprint density at radius 3 is 3.00 bits per heavy atom. The highest BCUT2D eigenvalue weighted by atomic mass is 16.5. The SMILES string of the molecule is Cc1ncc2c(n1)CC(c1cc([C@@H](C)CC(=O)c3ncnc4[nH]c(=O)ccc34)on1)=N2. The van der Waals surface area contributed by atoms with Crippen molar-refractivity contribution in [1.82, 2.24) is 30.1 Å². The van der Waals surface area contributed by atoms with Gasteiger partial charge in [-0.3, -0.25) is 9.59 Å². The van der Waals surface area contributed by atoms with Crippen molar-refractivity contribution < 1.29 is 9.32 Å². The predicted molar refractivity (Wildman–Crippen MR) is 111 cm³/mol. The molecule has 0 saturated heterocycles. The second kappa shape index (κ2) is 7.31. The van der Waals surface area contributed by atoms with Crippen LogP contribution in [0.5, 0.6) is 0 Å². The fraction of sp³-hybridized carbons (Fsp3) is 0.238. The molecule has 0 saturated carbocycles. The van der Waals surface area contributed by atoms with Crippen molar-refractivity contribution in [2.24, 2.45) is 4.99 Å². The molecule has 1 atom stereocenters. The molecule has 0 aliphatic carbocycles. The van der Waals surface area contributed by atoms with Crippen LogP contribution >= 0.6 is 0 Å². The third kappa shape index (κ3) is 3.52. The summed E-state index contributed by atoms with van der Waals surface area (Å²) < 4.78 is 5.50. The molecule has 0 unspecified atom stereocenters. The summed E-state index contributed by atoms with van der Waals surface area (Å²) in [5.74, 6) is 0.870. The number of aryl methyl sites for hydroxylation is 1. The number of nitrogens with one attached hydrogen (secondary N) is 1. The lowest BCUT2D eigenvalue weighted by Gasteiger charge is -2.07. The van der Waals surface area contributed by atoms with Crippen LogP contribution in [0, 0.1) is 6.92 Å². The lowest BCUT2D eigenvalue weighted by atomic mass is 9.98. The molecule has 10 heteroatoms. The first-order chi connectivity index (χ1) is 15.0. The number of hydrogen-bond acceptors (Lipinski definition) is 9. The highest BCUT2D eigenvalue weighted by molar-refractivity contribution is 6.05. The number of fused-ring (bicyclic) bond motifs is 2. The molecule has 31 heavy (non-hydrogen) atoms. The molecule has 5 heterocycles. The van der Waals surface area contributed by atoms with Crippen molar-refractivity contribution in [3.05, 3.63) is 69.7 Å². The Balaban J connectivity index is 1.34. The third-order valence-corrected chi connectivity index (χ3v) is 5.15. The first kappa shape index (κ1) is 18.9. The van der Waals surface area contributed by atoms with E-state index in [9.17, 15) is 9.59 Å². The summed E-state index contributed by atoms with van der Waals surface area (Å²) in [4.78, 5) is 48.3. The molecule has 0 bridgehead atoms. The Morgan fingerprint density at radius 1 is 1.26 bits per heavy atom. The van der Waals surface area contributed by atoms with E-state index in [1.165, 1.54) is 12.4 Å². The van der Waals surface area contributed by atoms with Crippen molar-refractivity contribution in [3.63, 3.8) is 0 Å². The van der Waals surface area contributed by atoms with Crippen LogP contribution in [0.25, 0.3) is 11.0 Å². The van der Waals surface area contributed by atoms with Gasteiger partial charge in [-0.25, -0.2) is 24.9 Å². The minimum atomic E-state index is -0.287. The van der Waals surface area contributed by atoms with Crippen molar-refractivity contribution in [1.29, 1.82) is 0 Å². The van der Waals surface area contributed by atoms with Gasteiger partial charge in [0, 0.05) is 36.3 Å². The number of aliphatic imine (C=N–C) groups is 1. The molecule has 4 aromatic rings. The van der Waals surface area contributed by atoms with Crippen LogP contribution in [0.4, 0.5) is 5.69 Å². The molecule has 0 fully saturated rings. The van der Waals surface area contributed by atoms with E-state index in [4.69, 9.17) is 4.52 Å². The van der Waals surface area contributed by atoms with Gasteiger partial charge in [0.25, 0.3) is 0 Å². The monoisotopic (exact) mass is 415 g/mol. The largest absolute Gasteiger partial charge is 0.360 e. The Hall–Kier alpha value is -4.08. The molecule has 0 aromatic carbocycles. The summed E-state index contributed by atoms with van der Waals surface area (Å²) >= 11 is 0. The van der Waals surface area contributed by atoms with Crippen LogP contribution in [0.15, 0.2) is 45.0 Å². The lowest BCUT2D eigenvalue weighted by Crippen LogP contribution is -2.11. The second-order valence-corrected chi connectivity index (χ2v) is 7.43. The van der Waals surface area contributed by atoms with E-state index in [1.807, 2.05) is 13.8 Å². The first-order valence-electron chi connectivity index (χ1n) is 9.72. The van der Waals surface area contributed by atoms with Gasteiger partial charge in [0.1, 0.15) is 40.6 Å². The Labute approximate surface area is 175 Å². The molecule has 0 amide bonds. The number of aromatic nitrogens is 6. The fourth-order valence-electron chi connectivity index (χ4n) is 3.55. The number of nitrogens with zero attached hydrogens (tertiary/aromatic N) is 6. The van der Waals surface area contributed by atoms with E-state index in [-0.39, 0.29) is 29.4 Å². The smallest absolute Gasteiger partial charge is 0.249 e. The molecular weight excluding hydrogens is 398 g/mol. The van der Waals surface area contributed by atoms with E-state index in [0.29, 0.717) is 34.7 Å². The summed E-state index contributed by atoms with van der Waals surface area (Å²) in [7, 11) is 0. The van der Waals surface area contributed by atoms with Crippen molar-refractivity contribution in [2.45, 2.75) is 32.6 Å². The van der Waals surface area contributed by atoms with Crippen molar-refractivity contribution >= 4 is 28.2 Å². The first-order valence-corrected chi connectivity index (χ1v) is 9.72.